The molecule has 10 heavy (non-hydrogen) atoms. The van der Waals surface area contributed by atoms with Gasteiger partial charge in [-0.3, -0.25) is 4.98 Å². The summed E-state index contributed by atoms with van der Waals surface area (Å²) in [6.45, 7) is 5.89. The zero-order chi connectivity index (χ0) is 7.11. The number of hydrogen-bond acceptors (Lipinski definition) is 2. The van der Waals surface area contributed by atoms with Crippen LogP contribution in [0.3, 0.4) is 0 Å². The van der Waals surface area contributed by atoms with Gasteiger partial charge < -0.3 is 4.98 Å². The van der Waals surface area contributed by atoms with Gasteiger partial charge in [0.2, 0.25) is 0 Å². The normalized spacial score (nSPS) is 6.70. The van der Waals surface area contributed by atoms with Crippen molar-refractivity contribution in [3.05, 3.63) is 24.3 Å². The van der Waals surface area contributed by atoms with E-state index in [1.54, 1.807) is 12.4 Å². The predicted octanol–water partition coefficient (Wildman–Crippen LogP) is -1.38. The van der Waals surface area contributed by atoms with Crippen LogP contribution in [0.15, 0.2) is 12.4 Å². The minimum Gasteiger partial charge on any atom is -0.456 e. The fourth-order valence-electron chi connectivity index (χ4n) is 0.328. The Hall–Kier alpha value is 0.885. The van der Waals surface area contributed by atoms with Crippen LogP contribution in [-0.4, -0.2) is 9.97 Å². The summed E-state index contributed by atoms with van der Waals surface area (Å²) < 4.78 is 0. The van der Waals surface area contributed by atoms with Crippen LogP contribution < -0.4 is 58.2 Å². The third-order valence-electron chi connectivity index (χ3n) is 0.652. The first-order valence-corrected chi connectivity index (χ1v) is 3.04. The van der Waals surface area contributed by atoms with E-state index in [1.807, 2.05) is 20.8 Å². The summed E-state index contributed by atoms with van der Waals surface area (Å²) >= 11 is 0. The van der Waals surface area contributed by atoms with Crippen LogP contribution in [0.25, 0.3) is 0 Å². The zero-order valence-corrected chi connectivity index (χ0v) is 12.0. The standard InChI is InChI=1S/C5H5N2.C2H6.Rb/c1-5-4-6-2-3-7-5;1-2;/h3-4H,1H3;1-2H3;/q-1;;+1. The molecule has 1 aromatic heterocycles. The summed E-state index contributed by atoms with van der Waals surface area (Å²) in [6, 6.07) is 0. The van der Waals surface area contributed by atoms with Crippen LogP contribution in [-0.2, 0) is 0 Å². The maximum atomic E-state index is 3.86. The Bertz CT molecular complexity index is 142. The van der Waals surface area contributed by atoms with Gasteiger partial charge in [-0.2, -0.15) is 0 Å². The predicted molar refractivity (Wildman–Crippen MR) is 37.0 cm³/mol. The molecule has 0 bridgehead atoms. The molecule has 0 radical (unpaired) electrons. The molecular weight excluding hydrogens is 198 g/mol. The Morgan fingerprint density at radius 1 is 1.40 bits per heavy atom. The SMILES string of the molecule is CC.Cc1cn[c-]cn1.[Rb+]. The van der Waals surface area contributed by atoms with E-state index in [9.17, 15) is 0 Å². The Balaban J connectivity index is 0. The minimum atomic E-state index is 0. The average Bonchev–Trinajstić information content (AvgIpc) is 1.94. The van der Waals surface area contributed by atoms with Crippen molar-refractivity contribution in [2.24, 2.45) is 0 Å². The summed E-state index contributed by atoms with van der Waals surface area (Å²) in [5.41, 5.74) is 0.929. The molecule has 2 nitrogen and oxygen atoms in total. The Kier molecular flexibility index (Phi) is 13.3. The van der Waals surface area contributed by atoms with Crippen molar-refractivity contribution in [3.8, 4) is 0 Å². The number of aryl methyl sites for hydroxylation is 1. The third kappa shape index (κ3) is 7.00. The summed E-state index contributed by atoms with van der Waals surface area (Å²) in [4.78, 5) is 7.56. The van der Waals surface area contributed by atoms with Crippen molar-refractivity contribution >= 4 is 0 Å². The number of aromatic nitrogens is 2. The van der Waals surface area contributed by atoms with E-state index < -0.39 is 0 Å². The number of nitrogens with zero attached hydrogens (tertiary/aromatic N) is 2. The number of rotatable bonds is 0. The molecule has 1 rings (SSSR count). The quantitative estimate of drug-likeness (QED) is 0.491. The summed E-state index contributed by atoms with van der Waals surface area (Å²) in [6.07, 6.45) is 5.79. The molecule has 0 atom stereocenters. The monoisotopic (exact) mass is 208 g/mol. The van der Waals surface area contributed by atoms with Crippen molar-refractivity contribution in [1.29, 1.82) is 0 Å². The molecule has 0 saturated carbocycles. The first-order chi connectivity index (χ1) is 4.39. The van der Waals surface area contributed by atoms with E-state index in [2.05, 4.69) is 16.2 Å². The van der Waals surface area contributed by atoms with Crippen molar-refractivity contribution < 1.29 is 58.2 Å². The van der Waals surface area contributed by atoms with E-state index >= 15 is 0 Å². The smallest absolute Gasteiger partial charge is 0.456 e. The molecule has 0 aliphatic heterocycles. The molecule has 0 aliphatic rings. The van der Waals surface area contributed by atoms with Gasteiger partial charge in [0.05, 0.1) is 0 Å². The fraction of sp³-hybridized carbons (Fsp3) is 0.429. The van der Waals surface area contributed by atoms with Crippen LogP contribution in [0.2, 0.25) is 0 Å². The molecule has 0 amide bonds. The van der Waals surface area contributed by atoms with Crippen LogP contribution in [0.1, 0.15) is 19.5 Å². The van der Waals surface area contributed by atoms with Gasteiger partial charge in [0.25, 0.3) is 0 Å². The molecule has 0 unspecified atom stereocenters. The molecule has 50 valence electrons. The summed E-state index contributed by atoms with van der Waals surface area (Å²) in [7, 11) is 0. The van der Waals surface area contributed by atoms with Gasteiger partial charge in [-0.05, 0) is 18.8 Å². The van der Waals surface area contributed by atoms with E-state index in [0.29, 0.717) is 0 Å². The molecule has 0 N–H and O–H groups in total. The molecular formula is C7H11N2Rb. The van der Waals surface area contributed by atoms with Crippen LogP contribution in [0.5, 0.6) is 0 Å². The molecule has 0 saturated heterocycles. The van der Waals surface area contributed by atoms with Gasteiger partial charge in [0, 0.05) is 0 Å². The average molecular weight is 209 g/mol. The Morgan fingerprint density at radius 3 is 2.20 bits per heavy atom. The number of hydrogen-bond donors (Lipinski definition) is 0. The second kappa shape index (κ2) is 9.89. The maximum absolute atomic E-state index is 3.86. The van der Waals surface area contributed by atoms with E-state index in [1.165, 1.54) is 0 Å². The van der Waals surface area contributed by atoms with E-state index in [0.717, 1.165) is 5.69 Å². The van der Waals surface area contributed by atoms with Crippen LogP contribution in [0.4, 0.5) is 0 Å². The van der Waals surface area contributed by atoms with Crippen LogP contribution in [0, 0.1) is 13.1 Å². The van der Waals surface area contributed by atoms with Gasteiger partial charge in [-0.15, -0.1) is 12.4 Å². The Morgan fingerprint density at radius 2 is 2.00 bits per heavy atom. The van der Waals surface area contributed by atoms with Crippen molar-refractivity contribution in [2.45, 2.75) is 20.8 Å². The molecule has 1 heterocycles. The second-order valence-electron chi connectivity index (χ2n) is 1.29. The maximum Gasteiger partial charge on any atom is 1.00 e. The largest absolute Gasteiger partial charge is 1.00 e. The fourth-order valence-corrected chi connectivity index (χ4v) is 0.328. The second-order valence-corrected chi connectivity index (χ2v) is 1.29. The van der Waals surface area contributed by atoms with Crippen molar-refractivity contribution in [2.75, 3.05) is 0 Å². The van der Waals surface area contributed by atoms with Crippen molar-refractivity contribution in [1.82, 2.24) is 9.97 Å². The first kappa shape index (κ1) is 13.5. The Labute approximate surface area is 111 Å². The molecule has 1 aromatic rings. The summed E-state index contributed by atoms with van der Waals surface area (Å²) in [5.74, 6) is 0. The minimum absolute atomic E-state index is 0. The van der Waals surface area contributed by atoms with E-state index in [-0.39, 0.29) is 58.2 Å². The molecule has 0 aliphatic carbocycles. The first-order valence-electron chi connectivity index (χ1n) is 3.04. The van der Waals surface area contributed by atoms with Crippen LogP contribution >= 0.6 is 0 Å². The van der Waals surface area contributed by atoms with Crippen molar-refractivity contribution in [3.63, 3.8) is 0 Å². The van der Waals surface area contributed by atoms with Gasteiger partial charge in [0.15, 0.2) is 0 Å². The zero-order valence-electron chi connectivity index (χ0n) is 7.05. The molecule has 0 aromatic carbocycles. The van der Waals surface area contributed by atoms with E-state index in [4.69, 9.17) is 0 Å². The molecule has 0 spiro atoms. The third-order valence-corrected chi connectivity index (χ3v) is 0.652. The van der Waals surface area contributed by atoms with Gasteiger partial charge in [-0.1, -0.05) is 13.8 Å². The van der Waals surface area contributed by atoms with Gasteiger partial charge in [-0.25, -0.2) is 0 Å². The van der Waals surface area contributed by atoms with Gasteiger partial charge in [0.1, 0.15) is 0 Å². The molecule has 3 heteroatoms. The summed E-state index contributed by atoms with van der Waals surface area (Å²) in [5, 5.41) is 0. The van der Waals surface area contributed by atoms with Gasteiger partial charge >= 0.3 is 58.2 Å². The topological polar surface area (TPSA) is 25.8 Å². The molecule has 0 fully saturated rings.